The van der Waals surface area contributed by atoms with E-state index >= 15 is 0 Å². The van der Waals surface area contributed by atoms with Crippen molar-refractivity contribution in [2.75, 3.05) is 6.61 Å². The number of fused-ring (bicyclic) bond motifs is 2. The third-order valence-electron chi connectivity index (χ3n) is 4.07. The minimum absolute atomic E-state index is 0. The molecule has 6 unspecified atom stereocenters. The van der Waals surface area contributed by atoms with Gasteiger partial charge in [0.15, 0.2) is 0 Å². The van der Waals surface area contributed by atoms with Crippen LogP contribution >= 0.6 is 19.8 Å². The number of ether oxygens (including phenoxy) is 1. The molecule has 2 aliphatic carbocycles. The van der Waals surface area contributed by atoms with Gasteiger partial charge in [-0.3, -0.25) is 0 Å². The van der Waals surface area contributed by atoms with E-state index in [-0.39, 0.29) is 61.9 Å². The Kier molecular flexibility index (Phi) is 17.4. The van der Waals surface area contributed by atoms with E-state index in [0.29, 0.717) is 12.5 Å². The average molecular weight is 883 g/mol. The SMILES string of the molecule is CC1[C-]2CC(CC2CO[C-]=O)C1C.P.P.[Rf].[W].[W]. The fourth-order valence-electron chi connectivity index (χ4n) is 3.08. The van der Waals surface area contributed by atoms with Crippen molar-refractivity contribution in [3.63, 3.8) is 0 Å². The Balaban J connectivity index is -0.000000196. The second-order valence-electron chi connectivity index (χ2n) is 4.51. The molecule has 7 heteroatoms. The van der Waals surface area contributed by atoms with E-state index in [0.717, 1.165) is 17.8 Å². The minimum Gasteiger partial charge on any atom is -0.654 e. The molecule has 2 saturated carbocycles. The van der Waals surface area contributed by atoms with Gasteiger partial charge in [0, 0.05) is 48.7 Å². The number of hydrogen-bond acceptors (Lipinski definition) is 2. The molecule has 0 aromatic carbocycles. The predicted octanol–water partition coefficient (Wildman–Crippen LogP) is 2.07. The van der Waals surface area contributed by atoms with Crippen molar-refractivity contribution in [1.29, 1.82) is 0 Å². The van der Waals surface area contributed by atoms with Gasteiger partial charge < -0.3 is 15.4 Å². The van der Waals surface area contributed by atoms with Crippen molar-refractivity contribution in [2.45, 2.75) is 26.7 Å². The van der Waals surface area contributed by atoms with Crippen LogP contribution in [0.25, 0.3) is 0 Å². The molecule has 2 rings (SSSR count). The fourth-order valence-corrected chi connectivity index (χ4v) is 3.08. The van der Waals surface area contributed by atoms with E-state index in [1.54, 1.807) is 5.92 Å². The quantitative estimate of drug-likeness (QED) is 0.321. The largest absolute Gasteiger partial charge is 0.654 e. The zero-order chi connectivity index (χ0) is 9.42. The third-order valence-corrected chi connectivity index (χ3v) is 4.07. The van der Waals surface area contributed by atoms with Crippen molar-refractivity contribution in [2.24, 2.45) is 23.7 Å². The molecule has 0 aromatic heterocycles. The van der Waals surface area contributed by atoms with Gasteiger partial charge in [0.25, 0.3) is 0 Å². The van der Waals surface area contributed by atoms with Crippen LogP contribution in [0.5, 0.6) is 0 Å². The van der Waals surface area contributed by atoms with Crippen LogP contribution in [0.2, 0.25) is 0 Å². The van der Waals surface area contributed by atoms with Gasteiger partial charge in [0.1, 0.15) is 0 Å². The maximum atomic E-state index is 9.96. The summed E-state index contributed by atoms with van der Waals surface area (Å²) in [7, 11) is 0. The molecule has 2 fully saturated rings. The van der Waals surface area contributed by atoms with E-state index in [1.165, 1.54) is 19.3 Å². The summed E-state index contributed by atoms with van der Waals surface area (Å²) in [5, 5.41) is 0. The van der Waals surface area contributed by atoms with E-state index in [4.69, 9.17) is 4.74 Å². The number of rotatable bonds is 3. The van der Waals surface area contributed by atoms with Crippen LogP contribution in [0.3, 0.4) is 0 Å². The molecule has 2 aliphatic rings. The van der Waals surface area contributed by atoms with E-state index in [2.05, 4.69) is 13.8 Å². The molecule has 0 spiro atoms. The average Bonchev–Trinajstić information content (AvgIpc) is 2.64. The smallest absolute Gasteiger partial charge is 0.0232 e. The van der Waals surface area contributed by atoms with Gasteiger partial charge in [-0.2, -0.15) is 32.1 Å². The maximum Gasteiger partial charge on any atom is 0.0232 e. The van der Waals surface area contributed by atoms with Crippen molar-refractivity contribution >= 4 is 26.3 Å². The monoisotopic (exact) mass is 883 g/mol. The molecule has 0 aromatic rings. The molecule has 0 aliphatic heterocycles. The van der Waals surface area contributed by atoms with Gasteiger partial charge >= 0.3 is 0 Å². The van der Waals surface area contributed by atoms with E-state index < -0.39 is 0 Å². The predicted molar refractivity (Wildman–Crippen MR) is 71.6 cm³/mol. The summed E-state index contributed by atoms with van der Waals surface area (Å²) in [6.45, 7) is 6.72. The first-order valence-corrected chi connectivity index (χ1v) is 5.08. The minimum atomic E-state index is 0. The van der Waals surface area contributed by atoms with Crippen molar-refractivity contribution in [1.82, 2.24) is 0 Å². The van der Waals surface area contributed by atoms with E-state index in [1.807, 2.05) is 0 Å². The summed E-state index contributed by atoms with van der Waals surface area (Å²) in [6.07, 6.45) is 2.50. The van der Waals surface area contributed by atoms with Crippen LogP contribution in [-0.4, -0.2) is 13.1 Å². The van der Waals surface area contributed by atoms with Gasteiger partial charge in [0.05, 0.1) is 0 Å². The molecule has 0 saturated heterocycles. The summed E-state index contributed by atoms with van der Waals surface area (Å²) in [6, 6.07) is 0. The molecule has 0 heterocycles. The molecule has 2 bridgehead atoms. The Morgan fingerprint density at radius 3 is 2.22 bits per heavy atom. The molecule has 2 nitrogen and oxygen atoms in total. The first-order chi connectivity index (χ1) is 6.24. The van der Waals surface area contributed by atoms with Gasteiger partial charge in [-0.05, 0) is 0 Å². The topological polar surface area (TPSA) is 26.3 Å². The van der Waals surface area contributed by atoms with E-state index in [9.17, 15) is 4.79 Å². The van der Waals surface area contributed by atoms with Gasteiger partial charge in [-0.25, -0.2) is 0 Å². The van der Waals surface area contributed by atoms with Crippen molar-refractivity contribution < 1.29 is 51.7 Å². The Hall–Kier alpha value is 0.707. The van der Waals surface area contributed by atoms with Gasteiger partial charge in [-0.1, -0.05) is 38.6 Å². The standard InChI is InChI=1S/C11H16O2.2H3P.Rf.2W/c1-7-8(2)11-4-9(7)3-10(11)5-13-6-12;;;;;/h7-10H,3-5H2,1-2H3;2*1H3;;;/q-2;;;;;. The number of hydrogen-bond donors (Lipinski definition) is 0. The zero-order valence-corrected chi connectivity index (χ0v) is 26.3. The zero-order valence-electron chi connectivity index (χ0n) is 11.2. The summed E-state index contributed by atoms with van der Waals surface area (Å²) in [5.41, 5.74) is 0. The van der Waals surface area contributed by atoms with Crippen LogP contribution in [0.1, 0.15) is 26.7 Å². The summed E-state index contributed by atoms with van der Waals surface area (Å²) in [4.78, 5) is 9.96. The Morgan fingerprint density at radius 2 is 1.83 bits per heavy atom. The maximum absolute atomic E-state index is 9.96. The molecule has 18 heavy (non-hydrogen) atoms. The number of carbonyl (C=O) groups excluding carboxylic acids is 1. The molecule has 0 N–H and O–H groups in total. The Bertz CT molecular complexity index is 223. The second-order valence-corrected chi connectivity index (χ2v) is 4.51. The van der Waals surface area contributed by atoms with Crippen LogP contribution < -0.4 is 0 Å². The molecular formula is C11H22O2P2RfW2-2. The van der Waals surface area contributed by atoms with Crippen LogP contribution in [0, 0.1) is 29.6 Å². The van der Waals surface area contributed by atoms with Crippen molar-refractivity contribution in [3.8, 4) is 0 Å². The first kappa shape index (κ1) is 27.1. The molecular weight excluding hydrogens is 861 g/mol. The summed E-state index contributed by atoms with van der Waals surface area (Å²) >= 11 is 0. The summed E-state index contributed by atoms with van der Waals surface area (Å²) < 4.78 is 4.73. The fraction of sp³-hybridized carbons (Fsp3) is 0.818. The molecule has 6 atom stereocenters. The third kappa shape index (κ3) is 5.00. The van der Waals surface area contributed by atoms with Crippen LogP contribution in [0.15, 0.2) is 0 Å². The molecule has 104 valence electrons. The van der Waals surface area contributed by atoms with Crippen molar-refractivity contribution in [3.05, 3.63) is 5.92 Å². The van der Waals surface area contributed by atoms with Gasteiger partial charge in [0.2, 0.25) is 0 Å². The van der Waals surface area contributed by atoms with Crippen LogP contribution in [-0.2, 0) is 51.7 Å². The molecule has 0 amide bonds. The first-order valence-electron chi connectivity index (χ1n) is 5.08. The Labute approximate surface area is 140 Å². The summed E-state index contributed by atoms with van der Waals surface area (Å²) in [5.74, 6) is 4.60. The van der Waals surface area contributed by atoms with Gasteiger partial charge in [-0.15, -0.1) is 5.92 Å². The molecule has 0 radical (unpaired) electrons. The second kappa shape index (κ2) is 11.5. The Morgan fingerprint density at radius 1 is 1.28 bits per heavy atom. The normalized spacial score (nSPS) is 31.7. The van der Waals surface area contributed by atoms with Crippen LogP contribution in [0.4, 0.5) is 0 Å².